The summed E-state index contributed by atoms with van der Waals surface area (Å²) in [4.78, 5) is 0. The van der Waals surface area contributed by atoms with Crippen LogP contribution in [0.3, 0.4) is 0 Å². The first-order chi connectivity index (χ1) is 14.8. The second kappa shape index (κ2) is 7.87. The molecule has 0 aromatic carbocycles. The SMILES string of the molecule is C[C@H](/C=C/c1cc[n+](C)cc1)[C@H]1CCC2C3=CCC4C[C@@H](O)CC[C@]4(C)C3CC[C@@]21C. The van der Waals surface area contributed by atoms with E-state index in [0.29, 0.717) is 22.7 Å². The fourth-order valence-corrected chi connectivity index (χ4v) is 8.41. The van der Waals surface area contributed by atoms with Gasteiger partial charge in [0.05, 0.1) is 6.10 Å². The third-order valence-electron chi connectivity index (χ3n) is 10.4. The topological polar surface area (TPSA) is 24.1 Å². The van der Waals surface area contributed by atoms with Crippen LogP contribution < -0.4 is 4.57 Å². The van der Waals surface area contributed by atoms with Crippen LogP contribution >= 0.6 is 0 Å². The molecule has 1 heterocycles. The Morgan fingerprint density at radius 1 is 1.03 bits per heavy atom. The highest BCUT2D eigenvalue weighted by Crippen LogP contribution is 2.66. The average molecular weight is 421 g/mol. The molecule has 1 aromatic heterocycles. The van der Waals surface area contributed by atoms with E-state index in [0.717, 1.165) is 30.6 Å². The normalized spacial score (nSPS) is 43.1. The molecular formula is C29H42NO+. The summed E-state index contributed by atoms with van der Waals surface area (Å²) in [6.45, 7) is 7.65. The Morgan fingerprint density at radius 3 is 2.52 bits per heavy atom. The smallest absolute Gasteiger partial charge is 0.169 e. The number of allylic oxidation sites excluding steroid dienone is 3. The Labute approximate surface area is 189 Å². The number of pyridine rings is 1. The molecule has 0 amide bonds. The summed E-state index contributed by atoms with van der Waals surface area (Å²) in [5, 5.41) is 10.3. The Morgan fingerprint density at radius 2 is 1.74 bits per heavy atom. The molecule has 0 radical (unpaired) electrons. The molecule has 2 heteroatoms. The minimum absolute atomic E-state index is 0.0579. The molecule has 0 spiro atoms. The lowest BCUT2D eigenvalue weighted by molar-refractivity contribution is -0.671. The van der Waals surface area contributed by atoms with Crippen molar-refractivity contribution < 1.29 is 9.67 Å². The van der Waals surface area contributed by atoms with Gasteiger partial charge in [0, 0.05) is 12.1 Å². The quantitative estimate of drug-likeness (QED) is 0.464. The largest absolute Gasteiger partial charge is 0.393 e. The van der Waals surface area contributed by atoms with Crippen LogP contribution in [0.15, 0.2) is 42.3 Å². The minimum atomic E-state index is -0.0579. The highest BCUT2D eigenvalue weighted by atomic mass is 16.3. The summed E-state index contributed by atoms with van der Waals surface area (Å²) in [5.41, 5.74) is 4.02. The van der Waals surface area contributed by atoms with E-state index in [1.165, 1.54) is 44.1 Å². The van der Waals surface area contributed by atoms with Crippen LogP contribution in [0, 0.1) is 40.4 Å². The molecule has 168 valence electrons. The Balaban J connectivity index is 1.35. The first kappa shape index (κ1) is 21.4. The van der Waals surface area contributed by atoms with Crippen molar-refractivity contribution in [2.24, 2.45) is 47.5 Å². The van der Waals surface area contributed by atoms with Crippen molar-refractivity contribution in [2.45, 2.75) is 78.2 Å². The summed E-state index contributed by atoms with van der Waals surface area (Å²) in [5.74, 6) is 3.66. The second-order valence-electron chi connectivity index (χ2n) is 11.9. The van der Waals surface area contributed by atoms with Crippen LogP contribution in [0.1, 0.15) is 77.7 Å². The van der Waals surface area contributed by atoms with Gasteiger partial charge >= 0.3 is 0 Å². The number of hydrogen-bond acceptors (Lipinski definition) is 1. The number of aromatic nitrogens is 1. The number of aliphatic hydroxyl groups is 1. The zero-order chi connectivity index (χ0) is 21.8. The summed E-state index contributed by atoms with van der Waals surface area (Å²) in [7, 11) is 2.07. The van der Waals surface area contributed by atoms with Gasteiger partial charge in [-0.1, -0.05) is 44.6 Å². The van der Waals surface area contributed by atoms with Crippen LogP contribution in [0.4, 0.5) is 0 Å². The van der Waals surface area contributed by atoms with Crippen molar-refractivity contribution in [3.63, 3.8) is 0 Å². The molecule has 5 rings (SSSR count). The lowest BCUT2D eigenvalue weighted by atomic mass is 9.47. The molecule has 31 heavy (non-hydrogen) atoms. The Bertz CT molecular complexity index is 869. The summed E-state index contributed by atoms with van der Waals surface area (Å²) in [6.07, 6.45) is 21.7. The lowest BCUT2D eigenvalue weighted by Gasteiger charge is -2.57. The monoisotopic (exact) mass is 420 g/mol. The number of aliphatic hydroxyl groups excluding tert-OH is 1. The zero-order valence-electron chi connectivity index (χ0n) is 20.1. The number of rotatable bonds is 3. The number of fused-ring (bicyclic) bond motifs is 5. The van der Waals surface area contributed by atoms with Gasteiger partial charge in [0.15, 0.2) is 12.4 Å². The predicted molar refractivity (Wildman–Crippen MR) is 127 cm³/mol. The van der Waals surface area contributed by atoms with Crippen LogP contribution in [-0.2, 0) is 7.05 Å². The van der Waals surface area contributed by atoms with E-state index < -0.39 is 0 Å². The first-order valence-corrected chi connectivity index (χ1v) is 12.8. The number of nitrogens with zero attached hydrogens (tertiary/aromatic N) is 1. The summed E-state index contributed by atoms with van der Waals surface area (Å²) >= 11 is 0. The zero-order valence-corrected chi connectivity index (χ0v) is 20.1. The van der Waals surface area contributed by atoms with E-state index in [4.69, 9.17) is 0 Å². The molecule has 3 fully saturated rings. The van der Waals surface area contributed by atoms with Gasteiger partial charge in [-0.3, -0.25) is 0 Å². The highest BCUT2D eigenvalue weighted by molar-refractivity contribution is 5.48. The van der Waals surface area contributed by atoms with Crippen LogP contribution in [0.5, 0.6) is 0 Å². The van der Waals surface area contributed by atoms with Gasteiger partial charge in [0.25, 0.3) is 0 Å². The molecule has 2 nitrogen and oxygen atoms in total. The molecule has 0 saturated heterocycles. The molecule has 8 atom stereocenters. The fourth-order valence-electron chi connectivity index (χ4n) is 8.41. The van der Waals surface area contributed by atoms with Crippen molar-refractivity contribution in [1.29, 1.82) is 0 Å². The average Bonchev–Trinajstić information content (AvgIpc) is 3.11. The van der Waals surface area contributed by atoms with Gasteiger partial charge in [0.1, 0.15) is 7.05 Å². The molecule has 3 saturated carbocycles. The van der Waals surface area contributed by atoms with Crippen molar-refractivity contribution in [3.8, 4) is 0 Å². The Kier molecular flexibility index (Phi) is 5.44. The van der Waals surface area contributed by atoms with E-state index in [2.05, 4.69) is 75.1 Å². The Hall–Kier alpha value is -1.41. The van der Waals surface area contributed by atoms with E-state index >= 15 is 0 Å². The molecule has 0 aliphatic heterocycles. The molecule has 4 aliphatic rings. The van der Waals surface area contributed by atoms with E-state index in [1.807, 2.05) is 5.57 Å². The molecule has 1 N–H and O–H groups in total. The molecule has 1 aromatic rings. The van der Waals surface area contributed by atoms with Gasteiger partial charge in [0.2, 0.25) is 0 Å². The second-order valence-corrected chi connectivity index (χ2v) is 11.9. The molecule has 4 aliphatic carbocycles. The van der Waals surface area contributed by atoms with Gasteiger partial charge in [-0.05, 0) is 97.3 Å². The molecule has 3 unspecified atom stereocenters. The maximum absolute atomic E-state index is 10.3. The van der Waals surface area contributed by atoms with Crippen molar-refractivity contribution in [3.05, 3.63) is 47.8 Å². The third-order valence-corrected chi connectivity index (χ3v) is 10.4. The number of hydrogen-bond donors (Lipinski definition) is 1. The van der Waals surface area contributed by atoms with E-state index in [9.17, 15) is 5.11 Å². The van der Waals surface area contributed by atoms with Gasteiger partial charge in [-0.15, -0.1) is 0 Å². The summed E-state index contributed by atoms with van der Waals surface area (Å²) in [6, 6.07) is 4.41. The highest BCUT2D eigenvalue weighted by Gasteiger charge is 2.57. The molecule has 0 bridgehead atoms. The predicted octanol–water partition coefficient (Wildman–Crippen LogP) is 6.10. The maximum Gasteiger partial charge on any atom is 0.169 e. The van der Waals surface area contributed by atoms with Crippen molar-refractivity contribution in [1.82, 2.24) is 0 Å². The number of aryl methyl sites for hydroxylation is 1. The van der Waals surface area contributed by atoms with Crippen LogP contribution in [0.25, 0.3) is 6.08 Å². The van der Waals surface area contributed by atoms with Crippen molar-refractivity contribution in [2.75, 3.05) is 0 Å². The van der Waals surface area contributed by atoms with Crippen molar-refractivity contribution >= 4 is 6.08 Å². The minimum Gasteiger partial charge on any atom is -0.393 e. The fraction of sp³-hybridized carbons (Fsp3) is 0.690. The van der Waals surface area contributed by atoms with E-state index in [1.54, 1.807) is 0 Å². The van der Waals surface area contributed by atoms with E-state index in [-0.39, 0.29) is 6.10 Å². The van der Waals surface area contributed by atoms with Gasteiger partial charge in [-0.25, -0.2) is 4.57 Å². The molecular weight excluding hydrogens is 378 g/mol. The van der Waals surface area contributed by atoms with Crippen LogP contribution in [0.2, 0.25) is 0 Å². The van der Waals surface area contributed by atoms with Gasteiger partial charge < -0.3 is 5.11 Å². The maximum atomic E-state index is 10.3. The standard InChI is InChI=1S/C29H42NO/c1-20(5-6-21-13-17-30(4)18-14-21)25-9-10-26-24-8-7-22-19-23(31)11-15-28(22,2)27(24)12-16-29(25,26)3/h5-6,8,13-14,17-18,20,22-23,25-27,31H,7,9-12,15-16,19H2,1-4H3/q+1/b6-5+/t20-,22?,23+,25-,26?,27?,28+,29-/m1/s1. The van der Waals surface area contributed by atoms with Crippen LogP contribution in [-0.4, -0.2) is 11.2 Å². The van der Waals surface area contributed by atoms with Gasteiger partial charge in [-0.2, -0.15) is 0 Å². The summed E-state index contributed by atoms with van der Waals surface area (Å²) < 4.78 is 2.10. The first-order valence-electron chi connectivity index (χ1n) is 12.8. The third kappa shape index (κ3) is 3.54. The lowest BCUT2D eigenvalue weighted by Crippen LogP contribution is -2.49.